The summed E-state index contributed by atoms with van der Waals surface area (Å²) >= 11 is 17.2. The molecule has 0 radical (unpaired) electrons. The van der Waals surface area contributed by atoms with Gasteiger partial charge in [-0.1, -0.05) is 23.2 Å². The van der Waals surface area contributed by atoms with Gasteiger partial charge in [-0.15, -0.1) is 11.6 Å². The van der Waals surface area contributed by atoms with Crippen LogP contribution in [0.3, 0.4) is 0 Å². The highest BCUT2D eigenvalue weighted by Gasteiger charge is 2.15. The average Bonchev–Trinajstić information content (AvgIpc) is 2.24. The zero-order chi connectivity index (χ0) is 11.4. The Kier molecular flexibility index (Phi) is 4.51. The van der Waals surface area contributed by atoms with Crippen molar-refractivity contribution in [2.45, 2.75) is 0 Å². The highest BCUT2D eigenvalue weighted by molar-refractivity contribution is 6.42. The molecule has 0 spiro atoms. The van der Waals surface area contributed by atoms with Crippen molar-refractivity contribution in [3.05, 3.63) is 28.2 Å². The Bertz CT molecular complexity index is 370. The summed E-state index contributed by atoms with van der Waals surface area (Å²) in [6.45, 7) is 0. The fraction of sp³-hybridized carbons (Fsp3) is 0.222. The Morgan fingerprint density at radius 1 is 1.40 bits per heavy atom. The van der Waals surface area contributed by atoms with Gasteiger partial charge in [-0.05, 0) is 18.2 Å². The number of hydrogen-bond donors (Lipinski definition) is 0. The van der Waals surface area contributed by atoms with Crippen LogP contribution in [0.5, 0.6) is 0 Å². The fourth-order valence-electron chi connectivity index (χ4n) is 0.986. The van der Waals surface area contributed by atoms with E-state index < -0.39 is 6.09 Å². The van der Waals surface area contributed by atoms with Crippen LogP contribution in [0.4, 0.5) is 10.5 Å². The second kappa shape index (κ2) is 5.45. The predicted octanol–water partition coefficient (Wildman–Crippen LogP) is 3.76. The van der Waals surface area contributed by atoms with Crippen molar-refractivity contribution in [3.63, 3.8) is 0 Å². The molecular formula is C9H8Cl3NO2. The molecule has 0 N–H and O–H groups in total. The van der Waals surface area contributed by atoms with Crippen molar-refractivity contribution in [2.24, 2.45) is 0 Å². The maximum Gasteiger partial charge on any atom is 0.415 e. The van der Waals surface area contributed by atoms with E-state index in [0.29, 0.717) is 15.7 Å². The Morgan fingerprint density at radius 3 is 2.53 bits per heavy atom. The lowest BCUT2D eigenvalue weighted by Gasteiger charge is -2.18. The number of carbonyl (C=O) groups is 1. The van der Waals surface area contributed by atoms with Crippen LogP contribution in [0.2, 0.25) is 10.0 Å². The Balaban J connectivity index is 3.02. The first-order valence-corrected chi connectivity index (χ1v) is 5.25. The molecule has 0 aliphatic rings. The molecule has 1 amide bonds. The minimum absolute atomic E-state index is 0.0232. The van der Waals surface area contributed by atoms with Gasteiger partial charge in [0, 0.05) is 5.69 Å². The summed E-state index contributed by atoms with van der Waals surface area (Å²) in [7, 11) is 1.28. The van der Waals surface area contributed by atoms with Crippen molar-refractivity contribution in [1.29, 1.82) is 0 Å². The first-order valence-electron chi connectivity index (χ1n) is 3.96. The first kappa shape index (κ1) is 12.4. The molecular weight excluding hydrogens is 260 g/mol. The van der Waals surface area contributed by atoms with Crippen LogP contribution in [0, 0.1) is 0 Å². The number of ether oxygens (including phenoxy) is 1. The molecule has 0 aliphatic heterocycles. The molecule has 0 saturated heterocycles. The number of hydrogen-bond acceptors (Lipinski definition) is 2. The Hall–Kier alpha value is -0.640. The van der Waals surface area contributed by atoms with E-state index in [-0.39, 0.29) is 6.00 Å². The minimum Gasteiger partial charge on any atom is -0.452 e. The van der Waals surface area contributed by atoms with Crippen molar-refractivity contribution >= 4 is 46.6 Å². The molecule has 3 nitrogen and oxygen atoms in total. The van der Waals surface area contributed by atoms with Gasteiger partial charge in [0.1, 0.15) is 6.00 Å². The van der Waals surface area contributed by atoms with Crippen LogP contribution in [0.25, 0.3) is 0 Å². The van der Waals surface area contributed by atoms with Crippen molar-refractivity contribution in [1.82, 2.24) is 0 Å². The SMILES string of the molecule is COC(=O)N(CCl)c1ccc(Cl)c(Cl)c1. The Morgan fingerprint density at radius 2 is 2.07 bits per heavy atom. The molecule has 1 aromatic rings. The molecule has 0 atom stereocenters. The molecule has 15 heavy (non-hydrogen) atoms. The molecule has 1 aromatic carbocycles. The van der Waals surface area contributed by atoms with Gasteiger partial charge in [-0.25, -0.2) is 4.79 Å². The van der Waals surface area contributed by atoms with E-state index in [4.69, 9.17) is 34.8 Å². The van der Waals surface area contributed by atoms with Crippen LogP contribution in [0.1, 0.15) is 0 Å². The van der Waals surface area contributed by atoms with Crippen molar-refractivity contribution in [2.75, 3.05) is 18.0 Å². The third-order valence-electron chi connectivity index (χ3n) is 1.73. The Labute approximate surface area is 102 Å². The van der Waals surface area contributed by atoms with Gasteiger partial charge in [0.05, 0.1) is 17.2 Å². The topological polar surface area (TPSA) is 29.5 Å². The highest BCUT2D eigenvalue weighted by atomic mass is 35.5. The monoisotopic (exact) mass is 267 g/mol. The molecule has 0 saturated carbocycles. The van der Waals surface area contributed by atoms with Gasteiger partial charge in [-0.2, -0.15) is 0 Å². The second-order valence-corrected chi connectivity index (χ2v) is 3.67. The smallest absolute Gasteiger partial charge is 0.415 e. The largest absolute Gasteiger partial charge is 0.452 e. The van der Waals surface area contributed by atoms with Gasteiger partial charge in [0.25, 0.3) is 0 Å². The number of methoxy groups -OCH3 is 1. The molecule has 0 unspecified atom stereocenters. The summed E-state index contributed by atoms with van der Waals surface area (Å²) in [5, 5.41) is 0.771. The lowest BCUT2D eigenvalue weighted by atomic mass is 10.3. The number of rotatable bonds is 2. The van der Waals surface area contributed by atoms with Crippen LogP contribution >= 0.6 is 34.8 Å². The maximum absolute atomic E-state index is 11.3. The number of carbonyl (C=O) groups excluding carboxylic acids is 1. The minimum atomic E-state index is -0.552. The van der Waals surface area contributed by atoms with Crippen LogP contribution in [0.15, 0.2) is 18.2 Å². The van der Waals surface area contributed by atoms with Gasteiger partial charge in [0.2, 0.25) is 0 Å². The summed E-state index contributed by atoms with van der Waals surface area (Å²) in [5.41, 5.74) is 0.534. The lowest BCUT2D eigenvalue weighted by Crippen LogP contribution is -2.29. The van der Waals surface area contributed by atoms with Gasteiger partial charge < -0.3 is 4.74 Å². The number of amides is 1. The fourth-order valence-corrected chi connectivity index (χ4v) is 1.51. The van der Waals surface area contributed by atoms with E-state index in [1.54, 1.807) is 18.2 Å². The first-order chi connectivity index (χ1) is 7.10. The van der Waals surface area contributed by atoms with Crippen LogP contribution in [-0.4, -0.2) is 19.2 Å². The number of benzene rings is 1. The summed E-state index contributed by atoms with van der Waals surface area (Å²) in [5.74, 6) is 0. The summed E-state index contributed by atoms with van der Waals surface area (Å²) in [6, 6.07) is 4.74. The average molecular weight is 269 g/mol. The zero-order valence-electron chi connectivity index (χ0n) is 7.84. The molecule has 0 aliphatic carbocycles. The summed E-state index contributed by atoms with van der Waals surface area (Å²) < 4.78 is 4.55. The standard InChI is InChI=1S/C9H8Cl3NO2/c1-15-9(14)13(5-10)6-2-3-7(11)8(12)4-6/h2-4H,5H2,1H3. The van der Waals surface area contributed by atoms with Crippen LogP contribution in [-0.2, 0) is 4.74 Å². The normalized spacial score (nSPS) is 9.87. The number of halogens is 3. The maximum atomic E-state index is 11.3. The third kappa shape index (κ3) is 2.91. The summed E-state index contributed by atoms with van der Waals surface area (Å²) in [6.07, 6.45) is -0.552. The molecule has 6 heteroatoms. The zero-order valence-corrected chi connectivity index (χ0v) is 10.1. The quantitative estimate of drug-likeness (QED) is 0.604. The molecule has 1 rings (SSSR count). The van der Waals surface area contributed by atoms with Gasteiger partial charge >= 0.3 is 6.09 Å². The second-order valence-electron chi connectivity index (χ2n) is 2.62. The number of alkyl halides is 1. The number of nitrogens with zero attached hydrogens (tertiary/aromatic N) is 1. The van der Waals surface area contributed by atoms with Gasteiger partial charge in [0.15, 0.2) is 0 Å². The van der Waals surface area contributed by atoms with E-state index in [0.717, 1.165) is 0 Å². The number of anilines is 1. The van der Waals surface area contributed by atoms with Gasteiger partial charge in [-0.3, -0.25) is 4.90 Å². The van der Waals surface area contributed by atoms with E-state index in [1.165, 1.54) is 12.0 Å². The third-order valence-corrected chi connectivity index (χ3v) is 2.71. The summed E-state index contributed by atoms with van der Waals surface area (Å²) in [4.78, 5) is 12.5. The molecule has 82 valence electrons. The molecule has 0 aromatic heterocycles. The molecule has 0 bridgehead atoms. The van der Waals surface area contributed by atoms with Crippen molar-refractivity contribution in [3.8, 4) is 0 Å². The van der Waals surface area contributed by atoms with E-state index in [2.05, 4.69) is 4.74 Å². The highest BCUT2D eigenvalue weighted by Crippen LogP contribution is 2.27. The van der Waals surface area contributed by atoms with E-state index in [1.807, 2.05) is 0 Å². The molecule has 0 heterocycles. The molecule has 0 fully saturated rings. The predicted molar refractivity (Wildman–Crippen MR) is 62.1 cm³/mol. The van der Waals surface area contributed by atoms with E-state index >= 15 is 0 Å². The van der Waals surface area contributed by atoms with Crippen LogP contribution < -0.4 is 4.90 Å². The lowest BCUT2D eigenvalue weighted by molar-refractivity contribution is 0.180. The van der Waals surface area contributed by atoms with Crippen molar-refractivity contribution < 1.29 is 9.53 Å². The van der Waals surface area contributed by atoms with E-state index in [9.17, 15) is 4.79 Å².